The molecule has 0 fully saturated rings. The Bertz CT molecular complexity index is 421. The van der Waals surface area contributed by atoms with E-state index in [2.05, 4.69) is 5.32 Å². The van der Waals surface area contributed by atoms with Gasteiger partial charge in [-0.3, -0.25) is 4.79 Å². The molecule has 106 valence electrons. The number of para-hydroxylation sites is 1. The molecule has 0 aliphatic carbocycles. The molecule has 5 nitrogen and oxygen atoms in total. The largest absolute Gasteiger partial charge is 0.491 e. The van der Waals surface area contributed by atoms with Gasteiger partial charge in [0, 0.05) is 0 Å². The lowest BCUT2D eigenvalue weighted by molar-refractivity contribution is -0.124. The zero-order valence-corrected chi connectivity index (χ0v) is 11.5. The first-order valence-corrected chi connectivity index (χ1v) is 6.28. The maximum absolute atomic E-state index is 11.6. The molecule has 0 atom stereocenters. The highest BCUT2D eigenvalue weighted by molar-refractivity contribution is 6.32. The minimum absolute atomic E-state index is 0.112. The summed E-state index contributed by atoms with van der Waals surface area (Å²) in [6.45, 7) is 1.06. The summed E-state index contributed by atoms with van der Waals surface area (Å²) in [7, 11) is 0. The van der Waals surface area contributed by atoms with Crippen molar-refractivity contribution in [3.05, 3.63) is 29.3 Å². The number of ether oxygens (including phenoxy) is 1. The molecule has 0 heterocycles. The molecule has 0 bridgehead atoms. The van der Waals surface area contributed by atoms with Gasteiger partial charge in [0.2, 0.25) is 5.91 Å². The molecule has 0 unspecified atom stereocenters. The number of aliphatic hydroxyl groups excluding tert-OH is 2. The van der Waals surface area contributed by atoms with Crippen molar-refractivity contribution in [2.24, 2.45) is 0 Å². The first-order chi connectivity index (χ1) is 9.00. The Kier molecular flexibility index (Phi) is 6.08. The molecule has 1 aromatic carbocycles. The lowest BCUT2D eigenvalue weighted by Gasteiger charge is -2.26. The van der Waals surface area contributed by atoms with Gasteiger partial charge >= 0.3 is 0 Å². The monoisotopic (exact) mass is 287 g/mol. The number of aliphatic hydroxyl groups is 2. The zero-order chi connectivity index (χ0) is 14.3. The molecule has 0 saturated carbocycles. The number of hydrogen-bond acceptors (Lipinski definition) is 4. The fourth-order valence-electron chi connectivity index (χ4n) is 1.34. The Balaban J connectivity index is 2.37. The van der Waals surface area contributed by atoms with E-state index in [1.165, 1.54) is 0 Å². The second-order valence-electron chi connectivity index (χ2n) is 4.45. The average molecular weight is 288 g/mol. The molecule has 1 rings (SSSR count). The highest BCUT2D eigenvalue weighted by Gasteiger charge is 2.24. The van der Waals surface area contributed by atoms with Crippen molar-refractivity contribution in [1.82, 2.24) is 5.32 Å². The Hall–Kier alpha value is -1.30. The van der Waals surface area contributed by atoms with Crippen LogP contribution in [0.3, 0.4) is 0 Å². The molecule has 0 spiro atoms. The van der Waals surface area contributed by atoms with Crippen molar-refractivity contribution >= 4 is 17.5 Å². The quantitative estimate of drug-likeness (QED) is 0.698. The minimum Gasteiger partial charge on any atom is -0.491 e. The van der Waals surface area contributed by atoms with Crippen LogP contribution in [0.5, 0.6) is 5.75 Å². The summed E-state index contributed by atoms with van der Waals surface area (Å²) in [4.78, 5) is 11.6. The van der Waals surface area contributed by atoms with E-state index in [0.29, 0.717) is 10.8 Å². The number of hydrogen-bond donors (Lipinski definition) is 3. The van der Waals surface area contributed by atoms with Gasteiger partial charge in [-0.25, -0.2) is 0 Å². The third-order valence-electron chi connectivity index (χ3n) is 2.56. The van der Waals surface area contributed by atoms with E-state index >= 15 is 0 Å². The molecule has 6 heteroatoms. The average Bonchev–Trinajstić information content (AvgIpc) is 2.41. The number of nitrogens with one attached hydrogen (secondary N) is 1. The Labute approximate surface area is 117 Å². The zero-order valence-electron chi connectivity index (χ0n) is 10.7. The molecule has 0 aromatic heterocycles. The summed E-state index contributed by atoms with van der Waals surface area (Å²) < 4.78 is 5.37. The van der Waals surface area contributed by atoms with E-state index in [-0.39, 0.29) is 32.1 Å². The van der Waals surface area contributed by atoms with Crippen LogP contribution < -0.4 is 10.1 Å². The number of benzene rings is 1. The van der Waals surface area contributed by atoms with Gasteiger partial charge in [-0.1, -0.05) is 23.7 Å². The fraction of sp³-hybridized carbons (Fsp3) is 0.462. The molecular formula is C13H18ClNO4. The van der Waals surface area contributed by atoms with Crippen molar-refractivity contribution in [2.45, 2.75) is 18.9 Å². The van der Waals surface area contributed by atoms with Crippen molar-refractivity contribution in [3.8, 4) is 5.75 Å². The van der Waals surface area contributed by atoms with Gasteiger partial charge in [-0.05, 0) is 19.1 Å². The molecular weight excluding hydrogens is 270 g/mol. The standard InChI is InChI=1S/C13H18ClNO4/c1-13(8-16,9-17)15-12(18)6-7-19-11-5-3-2-4-10(11)14/h2-5,16-17H,6-9H2,1H3,(H,15,18). The van der Waals surface area contributed by atoms with Crippen molar-refractivity contribution in [1.29, 1.82) is 0 Å². The number of rotatable bonds is 7. The van der Waals surface area contributed by atoms with Crippen LogP contribution in [0.1, 0.15) is 13.3 Å². The number of amides is 1. The number of carbonyl (C=O) groups excluding carboxylic acids is 1. The second kappa shape index (κ2) is 7.33. The van der Waals surface area contributed by atoms with E-state index in [4.69, 9.17) is 26.6 Å². The molecule has 0 saturated heterocycles. The van der Waals surface area contributed by atoms with Crippen LogP contribution >= 0.6 is 11.6 Å². The van der Waals surface area contributed by atoms with Crippen LogP contribution in [0.25, 0.3) is 0 Å². The summed E-state index contributed by atoms with van der Waals surface area (Å²) in [5.41, 5.74) is -1.01. The van der Waals surface area contributed by atoms with Crippen LogP contribution in [0, 0.1) is 0 Å². The van der Waals surface area contributed by atoms with E-state index in [9.17, 15) is 4.79 Å². The number of halogens is 1. The van der Waals surface area contributed by atoms with Crippen LogP contribution in [0.15, 0.2) is 24.3 Å². The molecule has 0 radical (unpaired) electrons. The third kappa shape index (κ3) is 5.06. The van der Waals surface area contributed by atoms with E-state index in [1.807, 2.05) is 0 Å². The highest BCUT2D eigenvalue weighted by Crippen LogP contribution is 2.23. The first kappa shape index (κ1) is 15.8. The summed E-state index contributed by atoms with van der Waals surface area (Å²) in [6, 6.07) is 6.99. The molecule has 1 amide bonds. The molecule has 0 aliphatic heterocycles. The lowest BCUT2D eigenvalue weighted by atomic mass is 10.1. The second-order valence-corrected chi connectivity index (χ2v) is 4.86. The predicted octanol–water partition coefficient (Wildman–Crippen LogP) is 0.968. The van der Waals surface area contributed by atoms with Crippen molar-refractivity contribution in [2.75, 3.05) is 19.8 Å². The highest BCUT2D eigenvalue weighted by atomic mass is 35.5. The van der Waals surface area contributed by atoms with Crippen LogP contribution in [-0.2, 0) is 4.79 Å². The normalized spacial score (nSPS) is 11.2. The van der Waals surface area contributed by atoms with Gasteiger partial charge in [0.25, 0.3) is 0 Å². The van der Waals surface area contributed by atoms with Crippen LogP contribution in [0.2, 0.25) is 5.02 Å². The Morgan fingerprint density at radius 2 is 2.00 bits per heavy atom. The molecule has 1 aromatic rings. The molecule has 19 heavy (non-hydrogen) atoms. The van der Waals surface area contributed by atoms with E-state index in [1.54, 1.807) is 31.2 Å². The van der Waals surface area contributed by atoms with Crippen molar-refractivity contribution in [3.63, 3.8) is 0 Å². The Morgan fingerprint density at radius 3 is 2.58 bits per heavy atom. The summed E-state index contributed by atoms with van der Waals surface area (Å²) >= 11 is 5.90. The lowest BCUT2D eigenvalue weighted by Crippen LogP contribution is -2.51. The topological polar surface area (TPSA) is 78.8 Å². The predicted molar refractivity (Wildman–Crippen MR) is 72.3 cm³/mol. The SMILES string of the molecule is CC(CO)(CO)NC(=O)CCOc1ccccc1Cl. The van der Waals surface area contributed by atoms with Crippen molar-refractivity contribution < 1.29 is 19.7 Å². The van der Waals surface area contributed by atoms with E-state index in [0.717, 1.165) is 0 Å². The summed E-state index contributed by atoms with van der Waals surface area (Å²) in [5.74, 6) is 0.210. The van der Waals surface area contributed by atoms with Gasteiger partial charge in [-0.15, -0.1) is 0 Å². The third-order valence-corrected chi connectivity index (χ3v) is 2.87. The van der Waals surface area contributed by atoms with Crippen LogP contribution in [-0.4, -0.2) is 41.5 Å². The maximum Gasteiger partial charge on any atom is 0.224 e. The fourth-order valence-corrected chi connectivity index (χ4v) is 1.53. The van der Waals surface area contributed by atoms with Gasteiger partial charge in [0.15, 0.2) is 0 Å². The Morgan fingerprint density at radius 1 is 1.37 bits per heavy atom. The maximum atomic E-state index is 11.6. The van der Waals surface area contributed by atoms with Gasteiger partial charge in [-0.2, -0.15) is 0 Å². The first-order valence-electron chi connectivity index (χ1n) is 5.91. The van der Waals surface area contributed by atoms with Gasteiger partial charge in [0.1, 0.15) is 5.75 Å². The van der Waals surface area contributed by atoms with Gasteiger partial charge < -0.3 is 20.3 Å². The summed E-state index contributed by atoms with van der Waals surface area (Å²) in [6.07, 6.45) is 0.112. The number of carbonyl (C=O) groups is 1. The summed E-state index contributed by atoms with van der Waals surface area (Å²) in [5, 5.41) is 21.1. The van der Waals surface area contributed by atoms with Crippen LogP contribution in [0.4, 0.5) is 0 Å². The van der Waals surface area contributed by atoms with E-state index < -0.39 is 5.54 Å². The smallest absolute Gasteiger partial charge is 0.224 e. The minimum atomic E-state index is -1.01. The van der Waals surface area contributed by atoms with Gasteiger partial charge in [0.05, 0.1) is 36.8 Å². The molecule has 3 N–H and O–H groups in total. The molecule has 0 aliphatic rings.